The van der Waals surface area contributed by atoms with E-state index in [0.717, 1.165) is 5.69 Å². The predicted octanol–water partition coefficient (Wildman–Crippen LogP) is -0.417. The highest BCUT2D eigenvalue weighted by molar-refractivity contribution is 5.42. The Bertz CT molecular complexity index is 300. The number of nitrogens with zero attached hydrogens (tertiary/aromatic N) is 3. The van der Waals surface area contributed by atoms with Crippen LogP contribution in [-0.4, -0.2) is 14.6 Å². The Morgan fingerprint density at radius 1 is 1.45 bits per heavy atom. The SMILES string of the molecule is Nc1ncn2c1CN(N)C=C2. The minimum atomic E-state index is 0.546. The van der Waals surface area contributed by atoms with Crippen molar-refractivity contribution in [3.63, 3.8) is 0 Å². The largest absolute Gasteiger partial charge is 0.382 e. The fourth-order valence-corrected chi connectivity index (χ4v) is 1.08. The quantitative estimate of drug-likeness (QED) is 0.494. The maximum Gasteiger partial charge on any atom is 0.147 e. The summed E-state index contributed by atoms with van der Waals surface area (Å²) in [5, 5.41) is 1.56. The molecular formula is C6H9N5. The molecule has 4 N–H and O–H groups in total. The molecule has 0 atom stereocenters. The molecule has 0 aliphatic carbocycles. The first-order valence-electron chi connectivity index (χ1n) is 3.28. The van der Waals surface area contributed by atoms with Crippen molar-refractivity contribution >= 4 is 12.0 Å². The molecule has 0 saturated carbocycles. The van der Waals surface area contributed by atoms with Gasteiger partial charge in [0.25, 0.3) is 0 Å². The van der Waals surface area contributed by atoms with Gasteiger partial charge in [-0.3, -0.25) is 0 Å². The van der Waals surface area contributed by atoms with Crippen LogP contribution in [0.2, 0.25) is 0 Å². The molecule has 1 aliphatic rings. The highest BCUT2D eigenvalue weighted by Crippen LogP contribution is 2.15. The van der Waals surface area contributed by atoms with Gasteiger partial charge < -0.3 is 15.3 Å². The Hall–Kier alpha value is -1.49. The van der Waals surface area contributed by atoms with E-state index in [2.05, 4.69) is 4.98 Å². The van der Waals surface area contributed by atoms with Gasteiger partial charge in [0.2, 0.25) is 0 Å². The van der Waals surface area contributed by atoms with Crippen LogP contribution < -0.4 is 11.6 Å². The predicted molar refractivity (Wildman–Crippen MR) is 41.7 cm³/mol. The van der Waals surface area contributed by atoms with Crippen LogP contribution in [0.25, 0.3) is 6.20 Å². The van der Waals surface area contributed by atoms with E-state index in [1.807, 2.05) is 10.8 Å². The first-order chi connectivity index (χ1) is 5.27. The van der Waals surface area contributed by atoms with Crippen LogP contribution >= 0.6 is 0 Å². The molecule has 0 spiro atoms. The molecule has 5 nitrogen and oxygen atoms in total. The Balaban J connectivity index is 2.48. The number of aromatic nitrogens is 2. The Labute approximate surface area is 63.9 Å². The molecule has 0 fully saturated rings. The van der Waals surface area contributed by atoms with Gasteiger partial charge in [-0.05, 0) is 0 Å². The second kappa shape index (κ2) is 2.00. The molecule has 2 rings (SSSR count). The molecule has 5 heteroatoms. The lowest BCUT2D eigenvalue weighted by molar-refractivity contribution is 0.372. The number of hydrogen-bond acceptors (Lipinski definition) is 4. The van der Waals surface area contributed by atoms with Crippen molar-refractivity contribution in [2.75, 3.05) is 5.73 Å². The van der Waals surface area contributed by atoms with Crippen molar-refractivity contribution in [1.82, 2.24) is 14.6 Å². The van der Waals surface area contributed by atoms with E-state index >= 15 is 0 Å². The van der Waals surface area contributed by atoms with Crippen molar-refractivity contribution in [2.45, 2.75) is 6.54 Å². The van der Waals surface area contributed by atoms with Crippen molar-refractivity contribution in [3.8, 4) is 0 Å². The van der Waals surface area contributed by atoms with Gasteiger partial charge in [0.15, 0.2) is 0 Å². The fourth-order valence-electron chi connectivity index (χ4n) is 1.08. The highest BCUT2D eigenvalue weighted by Gasteiger charge is 2.11. The van der Waals surface area contributed by atoms with Gasteiger partial charge in [0, 0.05) is 12.4 Å². The van der Waals surface area contributed by atoms with Crippen LogP contribution in [0.1, 0.15) is 5.69 Å². The molecule has 2 heterocycles. The van der Waals surface area contributed by atoms with Gasteiger partial charge in [-0.2, -0.15) is 0 Å². The summed E-state index contributed by atoms with van der Waals surface area (Å²) in [7, 11) is 0. The average Bonchev–Trinajstić information content (AvgIpc) is 2.33. The normalized spacial score (nSPS) is 15.2. The minimum Gasteiger partial charge on any atom is -0.382 e. The number of hydrazine groups is 1. The third-order valence-electron chi connectivity index (χ3n) is 1.68. The molecule has 0 bridgehead atoms. The molecule has 0 radical (unpaired) electrons. The second-order valence-electron chi connectivity index (χ2n) is 2.45. The van der Waals surface area contributed by atoms with Crippen molar-refractivity contribution in [2.24, 2.45) is 5.84 Å². The first-order valence-corrected chi connectivity index (χ1v) is 3.28. The number of nitrogen functional groups attached to an aromatic ring is 1. The molecule has 1 aromatic heterocycles. The van der Waals surface area contributed by atoms with E-state index < -0.39 is 0 Å². The topological polar surface area (TPSA) is 73.1 Å². The van der Waals surface area contributed by atoms with Crippen LogP contribution in [0, 0.1) is 0 Å². The smallest absolute Gasteiger partial charge is 0.147 e. The zero-order valence-corrected chi connectivity index (χ0v) is 5.94. The van der Waals surface area contributed by atoms with E-state index in [1.54, 1.807) is 17.5 Å². The molecule has 58 valence electrons. The summed E-state index contributed by atoms with van der Waals surface area (Å²) < 4.78 is 1.86. The lowest BCUT2D eigenvalue weighted by Crippen LogP contribution is -2.28. The van der Waals surface area contributed by atoms with Crippen molar-refractivity contribution in [3.05, 3.63) is 18.2 Å². The molecule has 0 saturated heterocycles. The van der Waals surface area contributed by atoms with E-state index in [0.29, 0.717) is 12.4 Å². The first kappa shape index (κ1) is 6.23. The lowest BCUT2D eigenvalue weighted by atomic mass is 10.4. The average molecular weight is 151 g/mol. The lowest BCUT2D eigenvalue weighted by Gasteiger charge is -2.18. The number of imidazole rings is 1. The monoisotopic (exact) mass is 151 g/mol. The van der Waals surface area contributed by atoms with E-state index in [-0.39, 0.29) is 0 Å². The number of fused-ring (bicyclic) bond motifs is 1. The van der Waals surface area contributed by atoms with Crippen molar-refractivity contribution in [1.29, 1.82) is 0 Å². The summed E-state index contributed by atoms with van der Waals surface area (Å²) in [5.41, 5.74) is 6.52. The maximum absolute atomic E-state index is 5.58. The summed E-state index contributed by atoms with van der Waals surface area (Å²) >= 11 is 0. The van der Waals surface area contributed by atoms with Gasteiger partial charge in [-0.25, -0.2) is 10.8 Å². The molecule has 0 amide bonds. The van der Waals surface area contributed by atoms with E-state index in [4.69, 9.17) is 11.6 Å². The van der Waals surface area contributed by atoms with E-state index in [9.17, 15) is 0 Å². The Kier molecular flexibility index (Phi) is 1.13. The van der Waals surface area contributed by atoms with Crippen LogP contribution in [0.4, 0.5) is 5.82 Å². The molecule has 11 heavy (non-hydrogen) atoms. The zero-order chi connectivity index (χ0) is 7.84. The summed E-state index contributed by atoms with van der Waals surface area (Å²) in [4.78, 5) is 3.94. The van der Waals surface area contributed by atoms with Crippen LogP contribution in [-0.2, 0) is 6.54 Å². The molecule has 0 aromatic carbocycles. The van der Waals surface area contributed by atoms with Crippen LogP contribution in [0.3, 0.4) is 0 Å². The van der Waals surface area contributed by atoms with Gasteiger partial charge in [0.05, 0.1) is 12.2 Å². The third-order valence-corrected chi connectivity index (χ3v) is 1.68. The molecule has 1 aromatic rings. The number of anilines is 1. The van der Waals surface area contributed by atoms with Gasteiger partial charge in [0.1, 0.15) is 12.1 Å². The minimum absolute atomic E-state index is 0.546. The summed E-state index contributed by atoms with van der Waals surface area (Å²) in [6.45, 7) is 0.613. The van der Waals surface area contributed by atoms with Crippen LogP contribution in [0.5, 0.6) is 0 Å². The second-order valence-corrected chi connectivity index (χ2v) is 2.45. The molecular weight excluding hydrogens is 142 g/mol. The Morgan fingerprint density at radius 2 is 2.27 bits per heavy atom. The summed E-state index contributed by atoms with van der Waals surface area (Å²) in [6.07, 6.45) is 5.27. The molecule has 1 aliphatic heterocycles. The number of nitrogens with two attached hydrogens (primary N) is 2. The van der Waals surface area contributed by atoms with Crippen LogP contribution in [0.15, 0.2) is 12.5 Å². The van der Waals surface area contributed by atoms with Crippen molar-refractivity contribution < 1.29 is 0 Å². The van der Waals surface area contributed by atoms with E-state index in [1.165, 1.54) is 0 Å². The molecule has 0 unspecified atom stereocenters. The van der Waals surface area contributed by atoms with Gasteiger partial charge in [-0.15, -0.1) is 0 Å². The fraction of sp³-hybridized carbons (Fsp3) is 0.167. The van der Waals surface area contributed by atoms with Gasteiger partial charge in [-0.1, -0.05) is 0 Å². The zero-order valence-electron chi connectivity index (χ0n) is 5.94. The van der Waals surface area contributed by atoms with Gasteiger partial charge >= 0.3 is 0 Å². The standard InChI is InChI=1S/C6H9N5/c7-6-5-3-11(8)2-1-10(5)4-9-6/h1-2,4H,3,7-8H2. The number of hydrogen-bond donors (Lipinski definition) is 2. The highest BCUT2D eigenvalue weighted by atomic mass is 15.4. The maximum atomic E-state index is 5.58. The summed E-state index contributed by atoms with van der Waals surface area (Å²) in [5.74, 6) is 6.07. The Morgan fingerprint density at radius 3 is 3.09 bits per heavy atom. The number of rotatable bonds is 0. The summed E-state index contributed by atoms with van der Waals surface area (Å²) in [6, 6.07) is 0. The third kappa shape index (κ3) is 0.857.